The monoisotopic (exact) mass is 253 g/mol. The van der Waals surface area contributed by atoms with Gasteiger partial charge in [0.05, 0.1) is 3.79 Å². The van der Waals surface area contributed by atoms with Crippen LogP contribution in [0.25, 0.3) is 6.08 Å². The Labute approximate surface area is 84.8 Å². The van der Waals surface area contributed by atoms with E-state index in [0.29, 0.717) is 6.54 Å². The standard InChI is InChI=1S/C7H8BrNS.ClH/c8-7-4-3-6(10-7)2-1-5-9;/h1-4H,5,9H2;1H. The molecular formula is C7H9BrClNS. The Morgan fingerprint density at radius 1 is 1.55 bits per heavy atom. The Hall–Kier alpha value is 0.170. The molecule has 0 fully saturated rings. The zero-order valence-electron chi connectivity index (χ0n) is 5.79. The normalized spacial score (nSPS) is 10.0. The molecule has 4 heteroatoms. The van der Waals surface area contributed by atoms with Gasteiger partial charge < -0.3 is 5.73 Å². The van der Waals surface area contributed by atoms with E-state index in [1.165, 1.54) is 4.88 Å². The largest absolute Gasteiger partial charge is 0.327 e. The molecule has 1 rings (SSSR count). The van der Waals surface area contributed by atoms with Crippen LogP contribution in [0.3, 0.4) is 0 Å². The van der Waals surface area contributed by atoms with Gasteiger partial charge in [-0.1, -0.05) is 6.08 Å². The zero-order valence-corrected chi connectivity index (χ0v) is 9.01. The summed E-state index contributed by atoms with van der Waals surface area (Å²) in [5.74, 6) is 0. The number of nitrogens with two attached hydrogens (primary N) is 1. The third-order valence-corrected chi connectivity index (χ3v) is 2.60. The van der Waals surface area contributed by atoms with Crippen molar-refractivity contribution < 1.29 is 0 Å². The van der Waals surface area contributed by atoms with Gasteiger partial charge >= 0.3 is 0 Å². The van der Waals surface area contributed by atoms with E-state index in [2.05, 4.69) is 22.0 Å². The van der Waals surface area contributed by atoms with Crippen molar-refractivity contribution in [3.05, 3.63) is 26.9 Å². The summed E-state index contributed by atoms with van der Waals surface area (Å²) in [5.41, 5.74) is 5.29. The van der Waals surface area contributed by atoms with Crippen molar-refractivity contribution in [2.45, 2.75) is 0 Å². The van der Waals surface area contributed by atoms with E-state index in [4.69, 9.17) is 5.73 Å². The summed E-state index contributed by atoms with van der Waals surface area (Å²) < 4.78 is 1.16. The van der Waals surface area contributed by atoms with E-state index >= 15 is 0 Å². The smallest absolute Gasteiger partial charge is 0.0704 e. The first-order valence-corrected chi connectivity index (χ1v) is 4.56. The van der Waals surface area contributed by atoms with Gasteiger partial charge in [0.15, 0.2) is 0 Å². The molecule has 0 saturated heterocycles. The molecule has 0 radical (unpaired) electrons. The molecule has 2 N–H and O–H groups in total. The molecule has 1 aromatic rings. The number of halogens is 2. The highest BCUT2D eigenvalue weighted by atomic mass is 79.9. The molecule has 0 atom stereocenters. The minimum Gasteiger partial charge on any atom is -0.327 e. The minimum atomic E-state index is 0. The molecule has 0 unspecified atom stereocenters. The number of hydrogen-bond donors (Lipinski definition) is 1. The molecule has 0 aromatic carbocycles. The Bertz CT molecular complexity index is 234. The predicted octanol–water partition coefficient (Wildman–Crippen LogP) is 2.90. The van der Waals surface area contributed by atoms with Gasteiger partial charge in [-0.3, -0.25) is 0 Å². The second kappa shape index (κ2) is 5.77. The average Bonchev–Trinajstić information content (AvgIpc) is 2.31. The number of rotatable bonds is 2. The van der Waals surface area contributed by atoms with Crippen molar-refractivity contribution >= 4 is 45.7 Å². The Morgan fingerprint density at radius 2 is 2.27 bits per heavy atom. The van der Waals surface area contributed by atoms with Crippen LogP contribution in [0.1, 0.15) is 4.88 Å². The van der Waals surface area contributed by atoms with E-state index in [1.807, 2.05) is 18.2 Å². The van der Waals surface area contributed by atoms with Crippen LogP contribution in [0, 0.1) is 0 Å². The summed E-state index contributed by atoms with van der Waals surface area (Å²) in [6.45, 7) is 0.607. The van der Waals surface area contributed by atoms with E-state index in [0.717, 1.165) is 3.79 Å². The Morgan fingerprint density at radius 3 is 2.73 bits per heavy atom. The van der Waals surface area contributed by atoms with E-state index in [-0.39, 0.29) is 12.4 Å². The molecule has 0 aliphatic rings. The van der Waals surface area contributed by atoms with Crippen LogP contribution in [0.5, 0.6) is 0 Å². The van der Waals surface area contributed by atoms with Gasteiger partial charge in [-0.2, -0.15) is 0 Å². The lowest BCUT2D eigenvalue weighted by Gasteiger charge is -1.80. The fraction of sp³-hybridized carbons (Fsp3) is 0.143. The summed E-state index contributed by atoms with van der Waals surface area (Å²) in [4.78, 5) is 1.23. The second-order valence-corrected chi connectivity index (χ2v) is 4.27. The van der Waals surface area contributed by atoms with Gasteiger partial charge in [-0.25, -0.2) is 0 Å². The van der Waals surface area contributed by atoms with Crippen molar-refractivity contribution in [2.75, 3.05) is 6.54 Å². The van der Waals surface area contributed by atoms with Crippen molar-refractivity contribution in [3.63, 3.8) is 0 Å². The van der Waals surface area contributed by atoms with Crippen LogP contribution in [0.2, 0.25) is 0 Å². The van der Waals surface area contributed by atoms with Gasteiger partial charge in [-0.15, -0.1) is 23.7 Å². The van der Waals surface area contributed by atoms with Gasteiger partial charge in [0.1, 0.15) is 0 Å². The highest BCUT2D eigenvalue weighted by Crippen LogP contribution is 2.22. The quantitative estimate of drug-likeness (QED) is 0.863. The van der Waals surface area contributed by atoms with Crippen LogP contribution in [0.15, 0.2) is 22.0 Å². The first-order valence-electron chi connectivity index (χ1n) is 2.95. The molecule has 62 valence electrons. The van der Waals surface area contributed by atoms with Crippen LogP contribution in [-0.2, 0) is 0 Å². The second-order valence-electron chi connectivity index (χ2n) is 1.78. The van der Waals surface area contributed by atoms with Crippen molar-refractivity contribution in [2.24, 2.45) is 5.73 Å². The maximum atomic E-state index is 5.29. The number of hydrogen-bond acceptors (Lipinski definition) is 2. The molecule has 1 aromatic heterocycles. The SMILES string of the molecule is Cl.NCC=Cc1ccc(Br)s1. The Balaban J connectivity index is 0.000001000. The lowest BCUT2D eigenvalue weighted by atomic mass is 10.4. The van der Waals surface area contributed by atoms with Crippen LogP contribution in [-0.4, -0.2) is 6.54 Å². The predicted molar refractivity (Wildman–Crippen MR) is 57.4 cm³/mol. The number of thiophene rings is 1. The summed E-state index contributed by atoms with van der Waals surface area (Å²) in [7, 11) is 0. The average molecular weight is 255 g/mol. The topological polar surface area (TPSA) is 26.0 Å². The molecule has 0 aliphatic carbocycles. The van der Waals surface area contributed by atoms with Crippen LogP contribution < -0.4 is 5.73 Å². The summed E-state index contributed by atoms with van der Waals surface area (Å²) in [6.07, 6.45) is 3.97. The summed E-state index contributed by atoms with van der Waals surface area (Å²) >= 11 is 5.08. The summed E-state index contributed by atoms with van der Waals surface area (Å²) in [6, 6.07) is 4.09. The van der Waals surface area contributed by atoms with Crippen molar-refractivity contribution in [3.8, 4) is 0 Å². The minimum absolute atomic E-state index is 0. The molecule has 11 heavy (non-hydrogen) atoms. The molecule has 0 bridgehead atoms. The van der Waals surface area contributed by atoms with Gasteiger partial charge in [0, 0.05) is 11.4 Å². The van der Waals surface area contributed by atoms with E-state index in [1.54, 1.807) is 11.3 Å². The lowest BCUT2D eigenvalue weighted by Crippen LogP contribution is -1.91. The lowest BCUT2D eigenvalue weighted by molar-refractivity contribution is 1.26. The third kappa shape index (κ3) is 3.91. The molecule has 1 heterocycles. The van der Waals surface area contributed by atoms with Crippen molar-refractivity contribution in [1.29, 1.82) is 0 Å². The molecule has 0 spiro atoms. The molecule has 0 saturated carbocycles. The van der Waals surface area contributed by atoms with Crippen molar-refractivity contribution in [1.82, 2.24) is 0 Å². The molecule has 1 nitrogen and oxygen atoms in total. The van der Waals surface area contributed by atoms with Gasteiger partial charge in [0.2, 0.25) is 0 Å². The molecule has 0 aliphatic heterocycles. The fourth-order valence-electron chi connectivity index (χ4n) is 0.602. The van der Waals surface area contributed by atoms with Crippen LogP contribution >= 0.6 is 39.7 Å². The van der Waals surface area contributed by atoms with Crippen LogP contribution in [0.4, 0.5) is 0 Å². The van der Waals surface area contributed by atoms with E-state index < -0.39 is 0 Å². The molecule has 0 amide bonds. The first kappa shape index (κ1) is 11.2. The Kier molecular flexibility index (Phi) is 5.86. The third-order valence-electron chi connectivity index (χ3n) is 1.01. The summed E-state index contributed by atoms with van der Waals surface area (Å²) in [5, 5.41) is 0. The maximum Gasteiger partial charge on any atom is 0.0704 e. The maximum absolute atomic E-state index is 5.29. The fourth-order valence-corrected chi connectivity index (χ4v) is 1.96. The van der Waals surface area contributed by atoms with Gasteiger partial charge in [0.25, 0.3) is 0 Å². The van der Waals surface area contributed by atoms with Gasteiger partial charge in [-0.05, 0) is 34.1 Å². The first-order chi connectivity index (χ1) is 4.83. The molecular weight excluding hydrogens is 246 g/mol. The highest BCUT2D eigenvalue weighted by Gasteiger charge is 1.90. The zero-order chi connectivity index (χ0) is 7.40. The highest BCUT2D eigenvalue weighted by molar-refractivity contribution is 9.11. The van der Waals surface area contributed by atoms with E-state index in [9.17, 15) is 0 Å².